The van der Waals surface area contributed by atoms with Crippen LogP contribution >= 0.6 is 0 Å². The predicted octanol–water partition coefficient (Wildman–Crippen LogP) is 3.27. The summed E-state index contributed by atoms with van der Waals surface area (Å²) in [4.78, 5) is 52.8. The highest BCUT2D eigenvalue weighted by Crippen LogP contribution is 2.39. The van der Waals surface area contributed by atoms with Crippen LogP contribution in [0, 0.1) is 5.82 Å². The summed E-state index contributed by atoms with van der Waals surface area (Å²) in [5, 5.41) is 0. The molecule has 0 saturated heterocycles. The number of imide groups is 1. The Morgan fingerprint density at radius 3 is 2.44 bits per heavy atom. The monoisotopic (exact) mass is 446 g/mol. The number of carbonyl (C=O) groups is 4. The molecule has 0 N–H and O–H groups in total. The number of amides is 3. The maximum Gasteiger partial charge on any atom is 0.334 e. The van der Waals surface area contributed by atoms with E-state index >= 15 is 4.39 Å². The lowest BCUT2D eigenvalue weighted by Crippen LogP contribution is -2.40. The van der Waals surface area contributed by atoms with E-state index in [0.29, 0.717) is 30.7 Å². The minimum absolute atomic E-state index is 0.147. The lowest BCUT2D eigenvalue weighted by Gasteiger charge is -2.31. The summed E-state index contributed by atoms with van der Waals surface area (Å²) in [6, 6.07) is 2.33. The van der Waals surface area contributed by atoms with Crippen LogP contribution in [-0.2, 0) is 23.9 Å². The van der Waals surface area contributed by atoms with Crippen LogP contribution in [0.5, 0.6) is 5.75 Å². The van der Waals surface area contributed by atoms with Crippen molar-refractivity contribution in [1.29, 1.82) is 0 Å². The second-order valence-electron chi connectivity index (χ2n) is 7.98. The van der Waals surface area contributed by atoms with Crippen molar-refractivity contribution in [3.8, 4) is 5.75 Å². The fourth-order valence-corrected chi connectivity index (χ4v) is 3.94. The number of nitrogens with zero attached hydrogens (tertiary/aromatic N) is 2. The number of rotatable bonds is 5. The Hall–Kier alpha value is -3.23. The summed E-state index contributed by atoms with van der Waals surface area (Å²) in [7, 11) is 0. The molecule has 0 spiro atoms. The van der Waals surface area contributed by atoms with E-state index in [9.17, 15) is 19.2 Å². The Bertz CT molecular complexity index is 1000. The van der Waals surface area contributed by atoms with Crippen LogP contribution < -0.4 is 14.5 Å². The minimum atomic E-state index is -0.847. The first kappa shape index (κ1) is 23.4. The van der Waals surface area contributed by atoms with E-state index in [4.69, 9.17) is 9.47 Å². The summed E-state index contributed by atoms with van der Waals surface area (Å²) in [5.74, 6) is -3.09. The standard InChI is InChI=1S/C23H27FN2O6/c1-5-25-19-11-18(17(24)10-20(19)31-12-21(25)28)26(14(4)27)22(29)15-8-6-7-9-16(15)23(30)32-13(2)3/h10-11,13H,5-9,12H2,1-4H3. The van der Waals surface area contributed by atoms with Crippen LogP contribution in [0.3, 0.4) is 0 Å². The van der Waals surface area contributed by atoms with Crippen LogP contribution in [0.15, 0.2) is 23.3 Å². The van der Waals surface area contributed by atoms with E-state index in [0.717, 1.165) is 13.0 Å². The van der Waals surface area contributed by atoms with Gasteiger partial charge in [-0.2, -0.15) is 0 Å². The van der Waals surface area contributed by atoms with E-state index in [-0.39, 0.29) is 53.3 Å². The number of anilines is 2. The maximum atomic E-state index is 15.0. The summed E-state index contributed by atoms with van der Waals surface area (Å²) in [6.45, 7) is 6.40. The maximum absolute atomic E-state index is 15.0. The SMILES string of the molecule is CCN1C(=O)COc2cc(F)c(N(C(C)=O)C(=O)C3=C(C(=O)OC(C)C)CCCC3)cc21. The third kappa shape index (κ3) is 4.51. The van der Waals surface area contributed by atoms with Crippen LogP contribution in [0.1, 0.15) is 53.4 Å². The van der Waals surface area contributed by atoms with E-state index in [2.05, 4.69) is 0 Å². The fourth-order valence-electron chi connectivity index (χ4n) is 3.94. The molecule has 0 saturated carbocycles. The van der Waals surface area contributed by atoms with Crippen molar-refractivity contribution >= 4 is 35.1 Å². The van der Waals surface area contributed by atoms with Crippen LogP contribution in [0.4, 0.5) is 15.8 Å². The van der Waals surface area contributed by atoms with Crippen molar-refractivity contribution < 1.29 is 33.0 Å². The summed E-state index contributed by atoms with van der Waals surface area (Å²) in [6.07, 6.45) is 1.62. The van der Waals surface area contributed by atoms with Gasteiger partial charge in [-0.1, -0.05) is 0 Å². The molecular weight excluding hydrogens is 419 g/mol. The Morgan fingerprint density at radius 2 is 1.84 bits per heavy atom. The van der Waals surface area contributed by atoms with E-state index in [1.165, 1.54) is 11.0 Å². The zero-order valence-corrected chi connectivity index (χ0v) is 18.7. The Morgan fingerprint density at radius 1 is 1.19 bits per heavy atom. The second kappa shape index (κ2) is 9.50. The van der Waals surface area contributed by atoms with Gasteiger partial charge in [-0.15, -0.1) is 0 Å². The molecule has 32 heavy (non-hydrogen) atoms. The Balaban J connectivity index is 2.08. The van der Waals surface area contributed by atoms with E-state index in [1.54, 1.807) is 20.8 Å². The molecule has 0 radical (unpaired) electrons. The molecule has 1 aromatic rings. The predicted molar refractivity (Wildman–Crippen MR) is 115 cm³/mol. The van der Waals surface area contributed by atoms with Gasteiger partial charge in [0, 0.05) is 30.7 Å². The number of fused-ring (bicyclic) bond motifs is 1. The highest BCUT2D eigenvalue weighted by Gasteiger charge is 2.34. The minimum Gasteiger partial charge on any atom is -0.481 e. The number of carbonyl (C=O) groups excluding carboxylic acids is 4. The molecule has 8 nitrogen and oxygen atoms in total. The highest BCUT2D eigenvalue weighted by molar-refractivity contribution is 6.22. The first-order valence-electron chi connectivity index (χ1n) is 10.7. The quantitative estimate of drug-likeness (QED) is 0.645. The second-order valence-corrected chi connectivity index (χ2v) is 7.98. The Labute approximate surface area is 185 Å². The van der Waals surface area contributed by atoms with Crippen molar-refractivity contribution in [2.75, 3.05) is 23.0 Å². The molecule has 0 bridgehead atoms. The van der Waals surface area contributed by atoms with Gasteiger partial charge in [-0.05, 0) is 52.5 Å². The smallest absolute Gasteiger partial charge is 0.334 e. The Kier molecular flexibility index (Phi) is 6.96. The lowest BCUT2D eigenvalue weighted by molar-refractivity contribution is -0.143. The van der Waals surface area contributed by atoms with Gasteiger partial charge >= 0.3 is 5.97 Å². The third-order valence-electron chi connectivity index (χ3n) is 5.36. The number of ether oxygens (including phenoxy) is 2. The van der Waals surface area contributed by atoms with Gasteiger partial charge in [0.15, 0.2) is 12.4 Å². The molecular formula is C23H27FN2O6. The zero-order valence-electron chi connectivity index (χ0n) is 18.7. The van der Waals surface area contributed by atoms with Crippen molar-refractivity contribution in [3.05, 3.63) is 29.1 Å². The number of hydrogen-bond acceptors (Lipinski definition) is 6. The van der Waals surface area contributed by atoms with E-state index in [1.807, 2.05) is 0 Å². The van der Waals surface area contributed by atoms with Crippen molar-refractivity contribution in [2.45, 2.75) is 59.5 Å². The van der Waals surface area contributed by atoms with Gasteiger partial charge in [-0.25, -0.2) is 14.1 Å². The van der Waals surface area contributed by atoms with Gasteiger partial charge in [-0.3, -0.25) is 14.4 Å². The van der Waals surface area contributed by atoms with Crippen LogP contribution in [0.2, 0.25) is 0 Å². The topological polar surface area (TPSA) is 93.2 Å². The van der Waals surface area contributed by atoms with Gasteiger partial charge in [0.05, 0.1) is 17.5 Å². The normalized spacial score (nSPS) is 15.9. The van der Waals surface area contributed by atoms with E-state index < -0.39 is 23.6 Å². The summed E-state index contributed by atoms with van der Waals surface area (Å²) in [5.41, 5.74) is 0.339. The largest absolute Gasteiger partial charge is 0.481 e. The number of benzene rings is 1. The lowest BCUT2D eigenvalue weighted by atomic mass is 9.90. The fraction of sp³-hybridized carbons (Fsp3) is 0.478. The molecule has 1 aliphatic heterocycles. The number of halogens is 1. The summed E-state index contributed by atoms with van der Waals surface area (Å²) < 4.78 is 25.6. The molecule has 3 amide bonds. The molecule has 3 rings (SSSR count). The highest BCUT2D eigenvalue weighted by atomic mass is 19.1. The summed E-state index contributed by atoms with van der Waals surface area (Å²) >= 11 is 0. The number of esters is 1. The van der Waals surface area contributed by atoms with Crippen molar-refractivity contribution in [2.24, 2.45) is 0 Å². The molecule has 1 heterocycles. The molecule has 0 atom stereocenters. The van der Waals surface area contributed by atoms with Crippen molar-refractivity contribution in [3.63, 3.8) is 0 Å². The average Bonchev–Trinajstić information content (AvgIpc) is 2.73. The molecule has 2 aliphatic rings. The van der Waals surface area contributed by atoms with Crippen LogP contribution in [-0.4, -0.2) is 42.9 Å². The first-order valence-corrected chi connectivity index (χ1v) is 10.7. The van der Waals surface area contributed by atoms with Gasteiger partial charge < -0.3 is 14.4 Å². The molecule has 172 valence electrons. The molecule has 0 aromatic heterocycles. The average molecular weight is 446 g/mol. The first-order chi connectivity index (χ1) is 15.1. The zero-order chi connectivity index (χ0) is 23.6. The number of likely N-dealkylation sites (N-methyl/N-ethyl adjacent to an activating group) is 1. The van der Waals surface area contributed by atoms with Gasteiger partial charge in [0.1, 0.15) is 5.75 Å². The molecule has 9 heteroatoms. The van der Waals surface area contributed by atoms with Gasteiger partial charge in [0.25, 0.3) is 11.8 Å². The van der Waals surface area contributed by atoms with Gasteiger partial charge in [0.2, 0.25) is 5.91 Å². The molecule has 0 fully saturated rings. The molecule has 1 aromatic carbocycles. The van der Waals surface area contributed by atoms with Crippen molar-refractivity contribution in [1.82, 2.24) is 0 Å². The molecule has 1 aliphatic carbocycles. The molecule has 0 unspecified atom stereocenters. The number of hydrogen-bond donors (Lipinski definition) is 0. The third-order valence-corrected chi connectivity index (χ3v) is 5.36. The van der Waals surface area contributed by atoms with Crippen LogP contribution in [0.25, 0.3) is 0 Å².